The first kappa shape index (κ1) is 13.0. The van der Waals surface area contributed by atoms with Crippen LogP contribution < -0.4 is 4.74 Å². The number of esters is 1. The molecule has 0 N–H and O–H groups in total. The quantitative estimate of drug-likeness (QED) is 0.731. The number of hydrogen-bond donors (Lipinski definition) is 0. The van der Waals surface area contributed by atoms with Crippen LogP contribution in [0.1, 0.15) is 18.9 Å². The Hall–Kier alpha value is -2.02. The van der Waals surface area contributed by atoms with Gasteiger partial charge in [0.2, 0.25) is 0 Å². The number of ether oxygens (including phenoxy) is 2. The van der Waals surface area contributed by atoms with Gasteiger partial charge in [-0.05, 0) is 24.3 Å². The Morgan fingerprint density at radius 1 is 1.41 bits per heavy atom. The molecule has 90 valence electrons. The lowest BCUT2D eigenvalue weighted by atomic mass is 10.1. The maximum Gasteiger partial charge on any atom is 0.305 e. The Morgan fingerprint density at radius 2 is 2.06 bits per heavy atom. The zero-order chi connectivity index (χ0) is 12.7. The largest absolute Gasteiger partial charge is 0.493 e. The number of benzene rings is 1. The van der Waals surface area contributed by atoms with Gasteiger partial charge in [0.05, 0.1) is 31.8 Å². The highest BCUT2D eigenvalue weighted by Crippen LogP contribution is 2.13. The maximum atomic E-state index is 11.0. The van der Waals surface area contributed by atoms with Gasteiger partial charge in [0.1, 0.15) is 5.75 Å². The summed E-state index contributed by atoms with van der Waals surface area (Å²) < 4.78 is 10.1. The Bertz CT molecular complexity index is 406. The van der Waals surface area contributed by atoms with Crippen molar-refractivity contribution in [2.45, 2.75) is 13.3 Å². The molecule has 4 heteroatoms. The molecule has 4 nitrogen and oxygen atoms in total. The van der Waals surface area contributed by atoms with E-state index in [1.165, 1.54) is 7.11 Å². The Balaban J connectivity index is 2.39. The monoisotopic (exact) mass is 233 g/mol. The number of rotatable bonds is 5. The molecule has 0 fully saturated rings. The maximum absolute atomic E-state index is 11.0. The molecule has 0 saturated heterocycles. The third kappa shape index (κ3) is 4.56. The molecule has 0 bridgehead atoms. The zero-order valence-corrected chi connectivity index (χ0v) is 9.97. The Morgan fingerprint density at radius 3 is 2.59 bits per heavy atom. The van der Waals surface area contributed by atoms with Crippen LogP contribution >= 0.6 is 0 Å². The summed E-state index contributed by atoms with van der Waals surface area (Å²) in [4.78, 5) is 11.0. The van der Waals surface area contributed by atoms with Crippen molar-refractivity contribution < 1.29 is 14.3 Å². The summed E-state index contributed by atoms with van der Waals surface area (Å²) in [5.74, 6) is 0.555. The molecule has 0 spiro atoms. The van der Waals surface area contributed by atoms with Crippen LogP contribution in [0, 0.1) is 17.2 Å². The lowest BCUT2D eigenvalue weighted by Crippen LogP contribution is -2.14. The minimum absolute atomic E-state index is 0.0955. The Labute approximate surface area is 101 Å². The zero-order valence-electron chi connectivity index (χ0n) is 9.97. The normalized spacial score (nSPS) is 11.4. The predicted molar refractivity (Wildman–Crippen MR) is 62.4 cm³/mol. The van der Waals surface area contributed by atoms with Gasteiger partial charge in [-0.15, -0.1) is 0 Å². The molecular formula is C13H15NO3. The van der Waals surface area contributed by atoms with E-state index >= 15 is 0 Å². The number of carbonyl (C=O) groups is 1. The standard InChI is InChI=1S/C13H15NO3/c1-10(7-13(15)16-2)9-17-12-5-3-11(8-14)4-6-12/h3-6,10H,7,9H2,1-2H3. The van der Waals surface area contributed by atoms with Gasteiger partial charge < -0.3 is 9.47 Å². The van der Waals surface area contributed by atoms with E-state index in [-0.39, 0.29) is 11.9 Å². The van der Waals surface area contributed by atoms with E-state index in [4.69, 9.17) is 10.00 Å². The molecule has 1 aromatic carbocycles. The molecule has 0 amide bonds. The highest BCUT2D eigenvalue weighted by molar-refractivity contribution is 5.69. The smallest absolute Gasteiger partial charge is 0.305 e. The van der Waals surface area contributed by atoms with Crippen molar-refractivity contribution in [3.63, 3.8) is 0 Å². The van der Waals surface area contributed by atoms with Crippen molar-refractivity contribution in [2.24, 2.45) is 5.92 Å². The fourth-order valence-electron chi connectivity index (χ4n) is 1.29. The van der Waals surface area contributed by atoms with Gasteiger partial charge in [-0.25, -0.2) is 0 Å². The van der Waals surface area contributed by atoms with Gasteiger partial charge in [-0.3, -0.25) is 4.79 Å². The fraction of sp³-hybridized carbons (Fsp3) is 0.385. The minimum Gasteiger partial charge on any atom is -0.493 e. The average molecular weight is 233 g/mol. The van der Waals surface area contributed by atoms with E-state index in [1.54, 1.807) is 24.3 Å². The SMILES string of the molecule is COC(=O)CC(C)COc1ccc(C#N)cc1. The molecule has 1 atom stereocenters. The van der Waals surface area contributed by atoms with Crippen LogP contribution in [0.3, 0.4) is 0 Å². The van der Waals surface area contributed by atoms with Gasteiger partial charge >= 0.3 is 5.97 Å². The molecular weight excluding hydrogens is 218 g/mol. The van der Waals surface area contributed by atoms with E-state index < -0.39 is 0 Å². The van der Waals surface area contributed by atoms with Crippen molar-refractivity contribution in [1.82, 2.24) is 0 Å². The van der Waals surface area contributed by atoms with E-state index in [2.05, 4.69) is 4.74 Å². The second kappa shape index (κ2) is 6.54. The van der Waals surface area contributed by atoms with Gasteiger partial charge in [0, 0.05) is 5.92 Å². The van der Waals surface area contributed by atoms with Crippen LogP contribution in [0.25, 0.3) is 0 Å². The summed E-state index contributed by atoms with van der Waals surface area (Å²) >= 11 is 0. The van der Waals surface area contributed by atoms with Gasteiger partial charge in [0.15, 0.2) is 0 Å². The number of hydrogen-bond acceptors (Lipinski definition) is 4. The van der Waals surface area contributed by atoms with Crippen LogP contribution in [-0.2, 0) is 9.53 Å². The summed E-state index contributed by atoms with van der Waals surface area (Å²) in [6.45, 7) is 2.36. The summed E-state index contributed by atoms with van der Waals surface area (Å²) in [5.41, 5.74) is 0.597. The van der Waals surface area contributed by atoms with Crippen molar-refractivity contribution in [3.8, 4) is 11.8 Å². The van der Waals surface area contributed by atoms with Gasteiger partial charge in [-0.1, -0.05) is 6.92 Å². The molecule has 1 rings (SSSR count). The molecule has 0 aliphatic rings. The van der Waals surface area contributed by atoms with Crippen LogP contribution in [0.4, 0.5) is 0 Å². The number of nitriles is 1. The average Bonchev–Trinajstić information content (AvgIpc) is 2.36. The van der Waals surface area contributed by atoms with E-state index in [1.807, 2.05) is 13.0 Å². The van der Waals surface area contributed by atoms with E-state index in [9.17, 15) is 4.79 Å². The molecule has 0 aromatic heterocycles. The third-order valence-corrected chi connectivity index (χ3v) is 2.26. The van der Waals surface area contributed by atoms with Crippen molar-refractivity contribution in [2.75, 3.05) is 13.7 Å². The summed E-state index contributed by atoms with van der Waals surface area (Å²) in [6, 6.07) is 8.90. The summed E-state index contributed by atoms with van der Waals surface area (Å²) in [7, 11) is 1.37. The summed E-state index contributed by atoms with van der Waals surface area (Å²) in [5, 5.41) is 8.63. The number of nitrogens with zero attached hydrogens (tertiary/aromatic N) is 1. The topological polar surface area (TPSA) is 59.3 Å². The molecule has 0 radical (unpaired) electrons. The third-order valence-electron chi connectivity index (χ3n) is 2.26. The van der Waals surface area contributed by atoms with Gasteiger partial charge in [0.25, 0.3) is 0 Å². The number of carbonyl (C=O) groups excluding carboxylic acids is 1. The molecule has 0 heterocycles. The lowest BCUT2D eigenvalue weighted by molar-refractivity contribution is -0.141. The molecule has 0 saturated carbocycles. The molecule has 0 aliphatic carbocycles. The highest BCUT2D eigenvalue weighted by atomic mass is 16.5. The second-order valence-electron chi connectivity index (χ2n) is 3.83. The first-order valence-corrected chi connectivity index (χ1v) is 5.35. The van der Waals surface area contributed by atoms with Crippen molar-refractivity contribution >= 4 is 5.97 Å². The first-order chi connectivity index (χ1) is 8.15. The number of methoxy groups -OCH3 is 1. The molecule has 0 aliphatic heterocycles. The van der Waals surface area contributed by atoms with Crippen LogP contribution in [0.2, 0.25) is 0 Å². The molecule has 1 unspecified atom stereocenters. The highest BCUT2D eigenvalue weighted by Gasteiger charge is 2.09. The van der Waals surface area contributed by atoms with E-state index in [0.717, 1.165) is 0 Å². The Kier molecular flexibility index (Phi) is 5.02. The van der Waals surface area contributed by atoms with Crippen molar-refractivity contribution in [1.29, 1.82) is 5.26 Å². The van der Waals surface area contributed by atoms with Crippen LogP contribution in [-0.4, -0.2) is 19.7 Å². The van der Waals surface area contributed by atoms with Crippen LogP contribution in [0.5, 0.6) is 5.75 Å². The minimum atomic E-state index is -0.235. The fourth-order valence-corrected chi connectivity index (χ4v) is 1.29. The van der Waals surface area contributed by atoms with Crippen molar-refractivity contribution in [3.05, 3.63) is 29.8 Å². The lowest BCUT2D eigenvalue weighted by Gasteiger charge is -2.11. The summed E-state index contributed by atoms with van der Waals surface area (Å²) in [6.07, 6.45) is 0.340. The van der Waals surface area contributed by atoms with Crippen LogP contribution in [0.15, 0.2) is 24.3 Å². The predicted octanol–water partition coefficient (Wildman–Crippen LogP) is 2.14. The molecule has 1 aromatic rings. The first-order valence-electron chi connectivity index (χ1n) is 5.35. The van der Waals surface area contributed by atoms with Gasteiger partial charge in [-0.2, -0.15) is 5.26 Å². The molecule has 17 heavy (non-hydrogen) atoms. The van der Waals surface area contributed by atoms with E-state index in [0.29, 0.717) is 24.3 Å². The second-order valence-corrected chi connectivity index (χ2v) is 3.83.